The van der Waals surface area contributed by atoms with E-state index in [1.165, 1.54) is 0 Å². The van der Waals surface area contributed by atoms with Crippen LogP contribution in [-0.2, 0) is 19.1 Å². The Bertz CT molecular complexity index is 630. The van der Waals surface area contributed by atoms with E-state index in [0.717, 1.165) is 5.57 Å². The molecule has 6 nitrogen and oxygen atoms in total. The number of allylic oxidation sites excluding steroid dienone is 3. The summed E-state index contributed by atoms with van der Waals surface area (Å²) in [5, 5.41) is 12.1. The van der Waals surface area contributed by atoms with E-state index >= 15 is 0 Å². The van der Waals surface area contributed by atoms with E-state index in [9.17, 15) is 19.5 Å². The number of nitrogens with one attached hydrogen (secondary N) is 1. The third-order valence-electron chi connectivity index (χ3n) is 4.92. The molecule has 25 heavy (non-hydrogen) atoms. The second-order valence-corrected chi connectivity index (χ2v) is 7.33. The second kappa shape index (κ2) is 7.52. The van der Waals surface area contributed by atoms with Crippen molar-refractivity contribution in [3.05, 3.63) is 23.4 Å². The van der Waals surface area contributed by atoms with E-state index in [2.05, 4.69) is 5.32 Å². The van der Waals surface area contributed by atoms with Crippen LogP contribution in [0.25, 0.3) is 0 Å². The van der Waals surface area contributed by atoms with E-state index < -0.39 is 17.4 Å². The Morgan fingerprint density at radius 2 is 2.04 bits per heavy atom. The van der Waals surface area contributed by atoms with Gasteiger partial charge in [0.05, 0.1) is 17.9 Å². The zero-order chi connectivity index (χ0) is 18.8. The molecule has 2 fully saturated rings. The molecule has 138 valence electrons. The van der Waals surface area contributed by atoms with E-state index in [1.807, 2.05) is 0 Å². The minimum absolute atomic E-state index is 0.0593. The summed E-state index contributed by atoms with van der Waals surface area (Å²) in [6.45, 7) is 7.02. The summed E-state index contributed by atoms with van der Waals surface area (Å²) in [6.07, 6.45) is 3.94. The number of ketones is 1. The molecule has 2 rings (SSSR count). The minimum Gasteiger partial charge on any atom is -0.463 e. The minimum atomic E-state index is -1.28. The molecule has 4 atom stereocenters. The van der Waals surface area contributed by atoms with Crippen LogP contribution in [0, 0.1) is 11.3 Å². The lowest BCUT2D eigenvalue weighted by atomic mass is 9.66. The van der Waals surface area contributed by atoms with E-state index in [4.69, 9.17) is 4.74 Å². The summed E-state index contributed by atoms with van der Waals surface area (Å²) in [5.41, 5.74) is -0.199. The Labute approximate surface area is 148 Å². The van der Waals surface area contributed by atoms with E-state index in [0.29, 0.717) is 18.5 Å². The van der Waals surface area contributed by atoms with Gasteiger partial charge < -0.3 is 15.2 Å². The van der Waals surface area contributed by atoms with Crippen LogP contribution < -0.4 is 5.32 Å². The van der Waals surface area contributed by atoms with E-state index in [-0.39, 0.29) is 36.6 Å². The van der Waals surface area contributed by atoms with Crippen LogP contribution >= 0.6 is 0 Å². The van der Waals surface area contributed by atoms with Crippen molar-refractivity contribution in [2.24, 2.45) is 11.3 Å². The van der Waals surface area contributed by atoms with Gasteiger partial charge in [0.25, 0.3) is 0 Å². The smallest absolute Gasteiger partial charge is 0.306 e. The zero-order valence-corrected chi connectivity index (χ0v) is 15.3. The molecule has 0 aromatic carbocycles. The highest BCUT2D eigenvalue weighted by Crippen LogP contribution is 2.46. The SMILES string of the molecule is CC(C)=C1NC(=O)[C@@](C/C=C/CC(C)O)([C@H]2CC(=O)O[C@H](C)C2)C1=O. The first kappa shape index (κ1) is 19.4. The van der Waals surface area contributed by atoms with Gasteiger partial charge >= 0.3 is 5.97 Å². The lowest BCUT2D eigenvalue weighted by molar-refractivity contribution is -0.161. The number of aliphatic hydroxyl groups excluding tert-OH is 1. The molecule has 2 heterocycles. The Morgan fingerprint density at radius 1 is 1.36 bits per heavy atom. The normalized spacial score (nSPS) is 31.2. The predicted octanol–water partition coefficient (Wildman–Crippen LogP) is 2.02. The number of rotatable bonds is 5. The molecule has 0 spiro atoms. The van der Waals surface area contributed by atoms with Crippen LogP contribution in [0.1, 0.15) is 53.4 Å². The average molecular weight is 349 g/mol. The number of esters is 1. The molecular weight excluding hydrogens is 322 g/mol. The summed E-state index contributed by atoms with van der Waals surface area (Å²) >= 11 is 0. The highest BCUT2D eigenvalue weighted by molar-refractivity contribution is 6.21. The molecule has 2 N–H and O–H groups in total. The Balaban J connectivity index is 2.40. The molecule has 2 saturated heterocycles. The van der Waals surface area contributed by atoms with E-state index in [1.54, 1.807) is 39.8 Å². The summed E-state index contributed by atoms with van der Waals surface area (Å²) in [7, 11) is 0. The van der Waals surface area contributed by atoms with Crippen LogP contribution in [0.2, 0.25) is 0 Å². The maximum absolute atomic E-state index is 13.1. The molecule has 2 aliphatic rings. The fourth-order valence-electron chi connectivity index (χ4n) is 3.63. The number of amides is 1. The summed E-state index contributed by atoms with van der Waals surface area (Å²) in [4.78, 5) is 37.9. The Kier molecular flexibility index (Phi) is 5.83. The zero-order valence-electron chi connectivity index (χ0n) is 15.3. The summed E-state index contributed by atoms with van der Waals surface area (Å²) in [5.74, 6) is -1.36. The number of aliphatic hydroxyl groups is 1. The third-order valence-corrected chi connectivity index (χ3v) is 4.92. The Morgan fingerprint density at radius 3 is 2.56 bits per heavy atom. The van der Waals surface area contributed by atoms with Gasteiger partial charge in [0.15, 0.2) is 5.78 Å². The Hall–Kier alpha value is -1.95. The third kappa shape index (κ3) is 3.84. The van der Waals surface area contributed by atoms with Gasteiger partial charge in [-0.2, -0.15) is 0 Å². The van der Waals surface area contributed by atoms with Crippen LogP contribution in [0.5, 0.6) is 0 Å². The summed E-state index contributed by atoms with van der Waals surface area (Å²) < 4.78 is 5.18. The molecule has 0 aromatic heterocycles. The molecule has 0 aliphatic carbocycles. The molecule has 2 aliphatic heterocycles. The first-order chi connectivity index (χ1) is 11.7. The number of carbonyl (C=O) groups is 3. The van der Waals surface area contributed by atoms with Crippen molar-refractivity contribution in [3.8, 4) is 0 Å². The van der Waals surface area contributed by atoms with Gasteiger partial charge in [-0.25, -0.2) is 0 Å². The molecule has 1 unspecified atom stereocenters. The fourth-order valence-corrected chi connectivity index (χ4v) is 3.63. The maximum Gasteiger partial charge on any atom is 0.306 e. The lowest BCUT2D eigenvalue weighted by Gasteiger charge is -2.36. The number of hydrogen-bond donors (Lipinski definition) is 2. The molecule has 6 heteroatoms. The van der Waals surface area contributed by atoms with Crippen molar-refractivity contribution in [1.82, 2.24) is 5.32 Å². The van der Waals surface area contributed by atoms with Crippen LogP contribution in [0.4, 0.5) is 0 Å². The first-order valence-corrected chi connectivity index (χ1v) is 8.74. The van der Waals surface area contributed by atoms with Gasteiger partial charge in [-0.3, -0.25) is 14.4 Å². The lowest BCUT2D eigenvalue weighted by Crippen LogP contribution is -2.46. The maximum atomic E-state index is 13.1. The highest BCUT2D eigenvalue weighted by Gasteiger charge is 2.58. The first-order valence-electron chi connectivity index (χ1n) is 8.74. The fraction of sp³-hybridized carbons (Fsp3) is 0.632. The number of hydrogen-bond acceptors (Lipinski definition) is 5. The molecule has 0 aromatic rings. The van der Waals surface area contributed by atoms with Gasteiger partial charge in [0, 0.05) is 6.42 Å². The topological polar surface area (TPSA) is 92.7 Å². The van der Waals surface area contributed by atoms with Crippen molar-refractivity contribution < 1.29 is 24.2 Å². The van der Waals surface area contributed by atoms with Crippen LogP contribution in [0.15, 0.2) is 23.4 Å². The molecular formula is C19H27NO5. The van der Waals surface area contributed by atoms with Gasteiger partial charge in [-0.1, -0.05) is 12.2 Å². The van der Waals surface area contributed by atoms with Crippen molar-refractivity contribution in [3.63, 3.8) is 0 Å². The van der Waals surface area contributed by atoms with Gasteiger partial charge in [0.1, 0.15) is 5.41 Å². The van der Waals surface area contributed by atoms with Crippen molar-refractivity contribution >= 4 is 17.7 Å². The van der Waals surface area contributed by atoms with Gasteiger partial charge in [0.2, 0.25) is 5.91 Å². The van der Waals surface area contributed by atoms with Crippen LogP contribution in [0.3, 0.4) is 0 Å². The van der Waals surface area contributed by atoms with Crippen molar-refractivity contribution in [2.45, 2.75) is 65.6 Å². The van der Waals surface area contributed by atoms with Gasteiger partial charge in [-0.15, -0.1) is 0 Å². The second-order valence-electron chi connectivity index (χ2n) is 7.33. The van der Waals surface area contributed by atoms with Crippen molar-refractivity contribution in [1.29, 1.82) is 0 Å². The molecule has 0 saturated carbocycles. The van der Waals surface area contributed by atoms with Crippen molar-refractivity contribution in [2.75, 3.05) is 0 Å². The largest absolute Gasteiger partial charge is 0.463 e. The van der Waals surface area contributed by atoms with Crippen LogP contribution in [-0.4, -0.2) is 35.0 Å². The number of cyclic esters (lactones) is 1. The number of ether oxygens (including phenoxy) is 1. The summed E-state index contributed by atoms with van der Waals surface area (Å²) in [6, 6.07) is 0. The average Bonchev–Trinajstić information content (AvgIpc) is 2.75. The van der Waals surface area contributed by atoms with Gasteiger partial charge in [-0.05, 0) is 58.4 Å². The molecule has 0 radical (unpaired) electrons. The number of carbonyl (C=O) groups excluding carboxylic acids is 3. The predicted molar refractivity (Wildman–Crippen MR) is 92.3 cm³/mol. The quantitative estimate of drug-likeness (QED) is 0.343. The molecule has 1 amide bonds. The molecule has 0 bridgehead atoms. The highest BCUT2D eigenvalue weighted by atomic mass is 16.5. The number of Topliss-reactive ketones (excluding diaryl/α,β-unsaturated/α-hetero) is 1. The standard InChI is InChI=1S/C19H27NO5/c1-11(2)16-17(23)19(18(24)20-16,8-6-5-7-12(3)21)14-9-13(4)25-15(22)10-14/h5-6,12-14,21H,7-10H2,1-4H3,(H,20,24)/b6-5+/t12?,13-,14-,19+/m1/s1. The monoisotopic (exact) mass is 349 g/mol.